The predicted octanol–water partition coefficient (Wildman–Crippen LogP) is 2.64. The molecule has 0 spiro atoms. The third-order valence-electron chi connectivity index (χ3n) is 6.24. The number of likely N-dealkylation sites (tertiary alicyclic amines) is 1. The summed E-state index contributed by atoms with van der Waals surface area (Å²) in [6.45, 7) is 6.79. The summed E-state index contributed by atoms with van der Waals surface area (Å²) in [5.74, 6) is 0.176. The van der Waals surface area contributed by atoms with Gasteiger partial charge in [0.2, 0.25) is 0 Å². The number of aromatic nitrogens is 2. The maximum atomic E-state index is 12.4. The topological polar surface area (TPSA) is 90.6 Å². The van der Waals surface area contributed by atoms with Gasteiger partial charge >= 0.3 is 6.03 Å². The number of benzene rings is 1. The fourth-order valence-electron chi connectivity index (χ4n) is 4.63. The van der Waals surface area contributed by atoms with Crippen LogP contribution in [0.25, 0.3) is 10.9 Å². The molecule has 7 nitrogen and oxygen atoms in total. The molecule has 152 valence electrons. The van der Waals surface area contributed by atoms with Gasteiger partial charge in [-0.3, -0.25) is 4.68 Å². The highest BCUT2D eigenvalue weighted by atomic mass is 35.5. The van der Waals surface area contributed by atoms with Crippen molar-refractivity contribution >= 4 is 28.5 Å². The molecule has 0 bridgehead atoms. The van der Waals surface area contributed by atoms with E-state index in [0.717, 1.165) is 29.3 Å². The summed E-state index contributed by atoms with van der Waals surface area (Å²) in [6.07, 6.45) is 2.66. The van der Waals surface area contributed by atoms with Crippen LogP contribution in [-0.2, 0) is 5.54 Å². The van der Waals surface area contributed by atoms with Crippen LogP contribution >= 0.6 is 11.6 Å². The van der Waals surface area contributed by atoms with E-state index < -0.39 is 17.2 Å². The van der Waals surface area contributed by atoms with Crippen molar-refractivity contribution in [2.45, 2.75) is 50.9 Å². The van der Waals surface area contributed by atoms with Gasteiger partial charge in [0, 0.05) is 35.6 Å². The monoisotopic (exact) mass is 406 g/mol. The van der Waals surface area contributed by atoms with E-state index in [1.165, 1.54) is 0 Å². The van der Waals surface area contributed by atoms with Gasteiger partial charge in [0.15, 0.2) is 0 Å². The molecule has 2 aromatic rings. The number of amides is 2. The molecule has 0 saturated carbocycles. The summed E-state index contributed by atoms with van der Waals surface area (Å²) in [5.41, 5.74) is 0.274. The Morgan fingerprint density at radius 2 is 2.07 bits per heavy atom. The zero-order valence-corrected chi connectivity index (χ0v) is 17.2. The zero-order valence-electron chi connectivity index (χ0n) is 16.4. The lowest BCUT2D eigenvalue weighted by molar-refractivity contribution is -0.0119. The van der Waals surface area contributed by atoms with Crippen molar-refractivity contribution in [3.05, 3.63) is 28.9 Å². The number of piperidine rings is 1. The van der Waals surface area contributed by atoms with Gasteiger partial charge in [0.25, 0.3) is 0 Å². The molecule has 0 aliphatic carbocycles. The first-order valence-corrected chi connectivity index (χ1v) is 10.1. The van der Waals surface area contributed by atoms with Crippen molar-refractivity contribution in [1.29, 1.82) is 0 Å². The van der Waals surface area contributed by atoms with Crippen molar-refractivity contribution in [3.63, 3.8) is 0 Å². The second kappa shape index (κ2) is 6.61. The Balaban J connectivity index is 1.50. The average molecular weight is 407 g/mol. The third-order valence-corrected chi connectivity index (χ3v) is 6.46. The van der Waals surface area contributed by atoms with E-state index in [1.54, 1.807) is 24.9 Å². The van der Waals surface area contributed by atoms with Crippen molar-refractivity contribution in [2.75, 3.05) is 19.6 Å². The average Bonchev–Trinajstić information content (AvgIpc) is 3.16. The van der Waals surface area contributed by atoms with Gasteiger partial charge in [0.1, 0.15) is 6.10 Å². The molecule has 2 unspecified atom stereocenters. The molecular formula is C20H27ClN4O3. The number of hydrogen-bond donors (Lipinski definition) is 3. The van der Waals surface area contributed by atoms with E-state index in [2.05, 4.69) is 10.4 Å². The highest BCUT2D eigenvalue weighted by Crippen LogP contribution is 2.51. The lowest BCUT2D eigenvalue weighted by Crippen LogP contribution is -2.51. The van der Waals surface area contributed by atoms with E-state index in [1.807, 2.05) is 23.7 Å². The second-order valence-electron chi connectivity index (χ2n) is 8.85. The highest BCUT2D eigenvalue weighted by Gasteiger charge is 2.50. The van der Waals surface area contributed by atoms with E-state index in [4.69, 9.17) is 11.6 Å². The van der Waals surface area contributed by atoms with Gasteiger partial charge in [-0.1, -0.05) is 11.6 Å². The molecule has 1 aromatic heterocycles. The quantitative estimate of drug-likeness (QED) is 0.730. The minimum Gasteiger partial charge on any atom is -0.389 e. The first kappa shape index (κ1) is 19.5. The Morgan fingerprint density at radius 3 is 2.71 bits per heavy atom. The summed E-state index contributed by atoms with van der Waals surface area (Å²) >= 11 is 6.23. The Bertz CT molecular complexity index is 914. The summed E-state index contributed by atoms with van der Waals surface area (Å²) in [4.78, 5) is 14.1. The number of aliphatic hydroxyl groups excluding tert-OH is 1. The van der Waals surface area contributed by atoms with Crippen LogP contribution in [0.5, 0.6) is 0 Å². The SMILES string of the molecule is CC(C)(O)CNC(=O)N1CCC(C2(C)C(O)c3cc(Cl)cc4cnn2c34)CC1. The fourth-order valence-corrected chi connectivity index (χ4v) is 4.87. The number of urea groups is 1. The molecule has 2 atom stereocenters. The Kier molecular flexibility index (Phi) is 4.60. The maximum Gasteiger partial charge on any atom is 0.317 e. The fraction of sp³-hybridized carbons (Fsp3) is 0.600. The van der Waals surface area contributed by atoms with Crippen LogP contribution in [0.2, 0.25) is 5.02 Å². The van der Waals surface area contributed by atoms with Gasteiger partial charge in [-0.2, -0.15) is 5.10 Å². The maximum absolute atomic E-state index is 12.4. The highest BCUT2D eigenvalue weighted by molar-refractivity contribution is 6.31. The Morgan fingerprint density at radius 1 is 1.39 bits per heavy atom. The molecule has 4 rings (SSSR count). The summed E-state index contributed by atoms with van der Waals surface area (Å²) < 4.78 is 1.95. The number of nitrogens with zero attached hydrogens (tertiary/aromatic N) is 3. The van der Waals surface area contributed by atoms with E-state index >= 15 is 0 Å². The van der Waals surface area contributed by atoms with Crippen molar-refractivity contribution < 1.29 is 15.0 Å². The van der Waals surface area contributed by atoms with E-state index in [0.29, 0.717) is 18.1 Å². The molecular weight excluding hydrogens is 380 g/mol. The standard InChI is InChI=1S/C20H27ClN4O3/c1-19(2,28)11-22-18(27)24-6-4-13(5-7-24)20(3)17(26)15-9-14(21)8-12-10-23-25(20)16(12)15/h8-10,13,17,26,28H,4-7,11H2,1-3H3,(H,22,27). The van der Waals surface area contributed by atoms with Crippen LogP contribution in [0.1, 0.15) is 45.3 Å². The summed E-state index contributed by atoms with van der Waals surface area (Å²) in [5, 5.41) is 29.8. The van der Waals surface area contributed by atoms with Crippen molar-refractivity contribution in [2.24, 2.45) is 5.92 Å². The Labute approximate surface area is 169 Å². The number of hydrogen-bond acceptors (Lipinski definition) is 4. The lowest BCUT2D eigenvalue weighted by Gasteiger charge is -2.43. The summed E-state index contributed by atoms with van der Waals surface area (Å²) in [7, 11) is 0. The molecule has 2 aliphatic heterocycles. The van der Waals surface area contributed by atoms with Crippen LogP contribution < -0.4 is 5.32 Å². The molecule has 1 fully saturated rings. The van der Waals surface area contributed by atoms with Gasteiger partial charge in [0.05, 0.1) is 22.9 Å². The van der Waals surface area contributed by atoms with Crippen molar-refractivity contribution in [1.82, 2.24) is 20.0 Å². The second-order valence-corrected chi connectivity index (χ2v) is 9.29. The minimum atomic E-state index is -0.937. The molecule has 8 heteroatoms. The van der Waals surface area contributed by atoms with Gasteiger partial charge in [-0.25, -0.2) is 4.79 Å². The van der Waals surface area contributed by atoms with Crippen molar-refractivity contribution in [3.8, 4) is 0 Å². The number of nitrogens with one attached hydrogen (secondary N) is 1. The number of halogens is 1. The van der Waals surface area contributed by atoms with Gasteiger partial charge in [-0.05, 0) is 51.7 Å². The number of rotatable bonds is 3. The predicted molar refractivity (Wildman–Crippen MR) is 107 cm³/mol. The van der Waals surface area contributed by atoms with E-state index in [-0.39, 0.29) is 18.5 Å². The third kappa shape index (κ3) is 3.06. The number of carbonyl (C=O) groups excluding carboxylic acids is 1. The van der Waals surface area contributed by atoms with Crippen LogP contribution in [-0.4, -0.2) is 56.2 Å². The van der Waals surface area contributed by atoms with Gasteiger partial charge < -0.3 is 20.4 Å². The molecule has 2 aliphatic rings. The molecule has 1 aromatic carbocycles. The first-order valence-electron chi connectivity index (χ1n) is 9.72. The smallest absolute Gasteiger partial charge is 0.317 e. The Hall–Kier alpha value is -1.83. The van der Waals surface area contributed by atoms with E-state index in [9.17, 15) is 15.0 Å². The number of carbonyl (C=O) groups is 1. The minimum absolute atomic E-state index is 0.158. The molecule has 3 heterocycles. The van der Waals surface area contributed by atoms with Crippen LogP contribution in [0.15, 0.2) is 18.3 Å². The van der Waals surface area contributed by atoms with Crippen LogP contribution in [0.3, 0.4) is 0 Å². The van der Waals surface area contributed by atoms with Gasteiger partial charge in [-0.15, -0.1) is 0 Å². The molecule has 0 radical (unpaired) electrons. The zero-order chi connectivity index (χ0) is 20.3. The summed E-state index contributed by atoms with van der Waals surface area (Å²) in [6, 6.07) is 3.55. The molecule has 2 amide bonds. The lowest BCUT2D eigenvalue weighted by atomic mass is 9.75. The van der Waals surface area contributed by atoms with Crippen LogP contribution in [0.4, 0.5) is 4.79 Å². The molecule has 1 saturated heterocycles. The molecule has 28 heavy (non-hydrogen) atoms. The van der Waals surface area contributed by atoms with Crippen LogP contribution in [0, 0.1) is 5.92 Å². The largest absolute Gasteiger partial charge is 0.389 e. The normalized spacial score (nSPS) is 25.5. The number of aliphatic hydroxyl groups is 2. The molecule has 3 N–H and O–H groups in total. The first-order chi connectivity index (χ1) is 13.1.